The maximum atomic E-state index is 12.9. The highest BCUT2D eigenvalue weighted by Gasteiger charge is 2.29. The van der Waals surface area contributed by atoms with Gasteiger partial charge in [0, 0.05) is 47.6 Å². The van der Waals surface area contributed by atoms with Gasteiger partial charge < -0.3 is 20.1 Å². The molecule has 1 aromatic carbocycles. The Morgan fingerprint density at radius 1 is 1.29 bits per heavy atom. The first-order valence-electron chi connectivity index (χ1n) is 10.6. The van der Waals surface area contributed by atoms with E-state index in [1.165, 1.54) is 0 Å². The number of likely N-dealkylation sites (tertiary alicyclic amines) is 1. The zero-order valence-corrected chi connectivity index (χ0v) is 19.0. The molecule has 0 bridgehead atoms. The number of anilines is 2. The van der Waals surface area contributed by atoms with Gasteiger partial charge in [-0.25, -0.2) is 9.97 Å². The Balaban J connectivity index is 1.46. The lowest BCUT2D eigenvalue weighted by atomic mass is 10.0. The van der Waals surface area contributed by atoms with Gasteiger partial charge in [-0.1, -0.05) is 30.1 Å². The zero-order chi connectivity index (χ0) is 21.8. The van der Waals surface area contributed by atoms with Crippen LogP contribution in [-0.2, 0) is 4.79 Å². The lowest BCUT2D eigenvalue weighted by molar-refractivity contribution is -0.130. The molecule has 1 aliphatic heterocycles. The minimum absolute atomic E-state index is 0.0618. The summed E-state index contributed by atoms with van der Waals surface area (Å²) in [7, 11) is 0. The third-order valence-electron chi connectivity index (χ3n) is 5.57. The number of nitrogens with one attached hydrogen (secondary N) is 2. The third-order valence-corrected chi connectivity index (χ3v) is 6.00. The van der Waals surface area contributed by atoms with Crippen LogP contribution in [0.1, 0.15) is 26.2 Å². The molecular formula is C22H26Cl2N6O. The van der Waals surface area contributed by atoms with Crippen molar-refractivity contribution in [2.75, 3.05) is 36.4 Å². The fourth-order valence-corrected chi connectivity index (χ4v) is 4.70. The number of hydrogen-bond donors (Lipinski definition) is 2. The first-order chi connectivity index (χ1) is 15.0. The van der Waals surface area contributed by atoms with Gasteiger partial charge >= 0.3 is 0 Å². The van der Waals surface area contributed by atoms with E-state index in [0.717, 1.165) is 54.9 Å². The lowest BCUT2D eigenvalue weighted by Crippen LogP contribution is -2.51. The highest BCUT2D eigenvalue weighted by atomic mass is 35.5. The summed E-state index contributed by atoms with van der Waals surface area (Å²) in [4.78, 5) is 29.3. The van der Waals surface area contributed by atoms with Crippen molar-refractivity contribution in [1.82, 2.24) is 19.9 Å². The van der Waals surface area contributed by atoms with Gasteiger partial charge in [0.15, 0.2) is 0 Å². The number of H-pyrrole nitrogens is 1. The molecule has 0 radical (unpaired) electrons. The van der Waals surface area contributed by atoms with Crippen molar-refractivity contribution in [3.63, 3.8) is 0 Å². The number of benzene rings is 1. The number of aromatic nitrogens is 3. The molecule has 0 saturated carbocycles. The topological polar surface area (TPSA) is 77.2 Å². The van der Waals surface area contributed by atoms with Gasteiger partial charge in [-0.2, -0.15) is 0 Å². The van der Waals surface area contributed by atoms with E-state index < -0.39 is 0 Å². The molecule has 31 heavy (non-hydrogen) atoms. The van der Waals surface area contributed by atoms with E-state index in [9.17, 15) is 4.79 Å². The molecule has 1 aliphatic rings. The summed E-state index contributed by atoms with van der Waals surface area (Å²) in [5.74, 6) is 0.991. The Kier molecular flexibility index (Phi) is 6.83. The van der Waals surface area contributed by atoms with Crippen LogP contribution in [0.15, 0.2) is 36.8 Å². The van der Waals surface area contributed by atoms with Crippen molar-refractivity contribution >= 4 is 51.6 Å². The molecule has 1 atom stereocenters. The average Bonchev–Trinajstić information content (AvgIpc) is 3.24. The van der Waals surface area contributed by atoms with E-state index in [1.54, 1.807) is 24.5 Å². The molecule has 9 heteroatoms. The van der Waals surface area contributed by atoms with Gasteiger partial charge in [0.1, 0.15) is 17.8 Å². The molecule has 164 valence electrons. The number of carbonyl (C=O) groups is 1. The van der Waals surface area contributed by atoms with Crippen LogP contribution < -0.4 is 10.2 Å². The number of aromatic amines is 1. The predicted octanol–water partition coefficient (Wildman–Crippen LogP) is 4.58. The number of piperidine rings is 1. The molecule has 0 spiro atoms. The number of rotatable bonds is 7. The minimum atomic E-state index is 0.0618. The zero-order valence-electron chi connectivity index (χ0n) is 17.4. The highest BCUT2D eigenvalue weighted by molar-refractivity contribution is 6.35. The van der Waals surface area contributed by atoms with Gasteiger partial charge in [-0.15, -0.1) is 0 Å². The fourth-order valence-electron chi connectivity index (χ4n) is 4.17. The molecule has 2 aromatic heterocycles. The summed E-state index contributed by atoms with van der Waals surface area (Å²) < 4.78 is 0. The number of amides is 1. The molecule has 1 fully saturated rings. The molecule has 1 unspecified atom stereocenters. The number of carbonyl (C=O) groups excluding carboxylic acids is 1. The third kappa shape index (κ3) is 5.05. The Morgan fingerprint density at radius 3 is 2.87 bits per heavy atom. The summed E-state index contributed by atoms with van der Waals surface area (Å²) >= 11 is 12.1. The Hall–Kier alpha value is -2.51. The standard InChI is InChI=1S/C22H26Cl2N6O/c1-2-7-30(22-19-5-6-25-21(19)27-14-28-22)18-4-3-8-29(13-18)20(31)12-26-17-10-15(23)9-16(24)11-17/h5-6,9-11,14,18,26H,2-4,7-8,12-13H2,1H3,(H,25,27,28). The summed E-state index contributed by atoms with van der Waals surface area (Å²) in [6, 6.07) is 7.42. The SMILES string of the molecule is CCCN(c1ncnc2[nH]ccc12)C1CCCN(C(=O)CNc2cc(Cl)cc(Cl)c2)C1. The van der Waals surface area contributed by atoms with E-state index in [-0.39, 0.29) is 18.5 Å². The second-order valence-corrected chi connectivity index (χ2v) is 8.65. The number of halogens is 2. The van der Waals surface area contributed by atoms with Crippen molar-refractivity contribution in [2.24, 2.45) is 0 Å². The smallest absolute Gasteiger partial charge is 0.241 e. The predicted molar refractivity (Wildman–Crippen MR) is 126 cm³/mol. The van der Waals surface area contributed by atoms with E-state index in [1.807, 2.05) is 17.2 Å². The summed E-state index contributed by atoms with van der Waals surface area (Å²) in [6.45, 7) is 4.67. The second kappa shape index (κ2) is 9.75. The first-order valence-corrected chi connectivity index (χ1v) is 11.3. The summed E-state index contributed by atoms with van der Waals surface area (Å²) in [5, 5.41) is 5.24. The second-order valence-electron chi connectivity index (χ2n) is 7.78. The van der Waals surface area contributed by atoms with E-state index in [2.05, 4.69) is 32.1 Å². The summed E-state index contributed by atoms with van der Waals surface area (Å²) in [6.07, 6.45) is 6.47. The van der Waals surface area contributed by atoms with Gasteiger partial charge in [0.25, 0.3) is 0 Å². The molecule has 3 heterocycles. The molecule has 4 rings (SSSR count). The van der Waals surface area contributed by atoms with E-state index in [0.29, 0.717) is 16.6 Å². The first kappa shape index (κ1) is 21.7. The van der Waals surface area contributed by atoms with Crippen molar-refractivity contribution in [2.45, 2.75) is 32.2 Å². The van der Waals surface area contributed by atoms with Crippen LogP contribution in [0.4, 0.5) is 11.5 Å². The lowest BCUT2D eigenvalue weighted by Gasteiger charge is -2.40. The number of fused-ring (bicyclic) bond motifs is 1. The monoisotopic (exact) mass is 460 g/mol. The van der Waals surface area contributed by atoms with Gasteiger partial charge in [-0.3, -0.25) is 4.79 Å². The molecule has 2 N–H and O–H groups in total. The van der Waals surface area contributed by atoms with E-state index in [4.69, 9.17) is 23.2 Å². The number of nitrogens with zero attached hydrogens (tertiary/aromatic N) is 4. The Bertz CT molecular complexity index is 1040. The van der Waals surface area contributed by atoms with Crippen LogP contribution in [0.25, 0.3) is 11.0 Å². The van der Waals surface area contributed by atoms with Crippen LogP contribution in [0, 0.1) is 0 Å². The molecule has 0 aliphatic carbocycles. The maximum absolute atomic E-state index is 12.9. The normalized spacial score (nSPS) is 16.5. The fraction of sp³-hybridized carbons (Fsp3) is 0.409. The van der Waals surface area contributed by atoms with Gasteiger partial charge in [0.2, 0.25) is 5.91 Å². The summed E-state index contributed by atoms with van der Waals surface area (Å²) in [5.41, 5.74) is 1.57. The van der Waals surface area contributed by atoms with Crippen LogP contribution >= 0.6 is 23.2 Å². The molecule has 1 saturated heterocycles. The molecular weight excluding hydrogens is 435 g/mol. The van der Waals surface area contributed by atoms with Crippen LogP contribution in [-0.4, -0.2) is 58.0 Å². The highest BCUT2D eigenvalue weighted by Crippen LogP contribution is 2.28. The maximum Gasteiger partial charge on any atom is 0.241 e. The molecule has 3 aromatic rings. The quantitative estimate of drug-likeness (QED) is 0.539. The van der Waals surface area contributed by atoms with Crippen molar-refractivity contribution in [3.8, 4) is 0 Å². The van der Waals surface area contributed by atoms with Gasteiger partial charge in [0.05, 0.1) is 11.9 Å². The van der Waals surface area contributed by atoms with Crippen LogP contribution in [0.5, 0.6) is 0 Å². The minimum Gasteiger partial charge on any atom is -0.376 e. The van der Waals surface area contributed by atoms with Gasteiger partial charge in [-0.05, 0) is 43.5 Å². The molecule has 7 nitrogen and oxygen atoms in total. The van der Waals surface area contributed by atoms with Crippen molar-refractivity contribution < 1.29 is 4.79 Å². The largest absolute Gasteiger partial charge is 0.376 e. The van der Waals surface area contributed by atoms with Crippen molar-refractivity contribution in [1.29, 1.82) is 0 Å². The van der Waals surface area contributed by atoms with E-state index >= 15 is 0 Å². The Morgan fingerprint density at radius 2 is 2.10 bits per heavy atom. The Labute approximate surface area is 191 Å². The average molecular weight is 461 g/mol. The number of hydrogen-bond acceptors (Lipinski definition) is 5. The van der Waals surface area contributed by atoms with Crippen LogP contribution in [0.3, 0.4) is 0 Å². The van der Waals surface area contributed by atoms with Crippen LogP contribution in [0.2, 0.25) is 10.0 Å². The van der Waals surface area contributed by atoms with Crippen molar-refractivity contribution in [3.05, 3.63) is 46.8 Å². The molecule has 1 amide bonds.